The molecule has 0 amide bonds. The van der Waals surface area contributed by atoms with Crippen molar-refractivity contribution in [1.29, 1.82) is 0 Å². The molecule has 8 heteroatoms. The van der Waals surface area contributed by atoms with Crippen molar-refractivity contribution >= 4 is 29.1 Å². The van der Waals surface area contributed by atoms with E-state index in [0.717, 1.165) is 10.7 Å². The van der Waals surface area contributed by atoms with Crippen molar-refractivity contribution in [2.24, 2.45) is 0 Å². The number of rotatable bonds is 7. The fourth-order valence-corrected chi connectivity index (χ4v) is 3.72. The fourth-order valence-electron chi connectivity index (χ4n) is 2.21. The smallest absolute Gasteiger partial charge is 0.316 e. The molecule has 0 radical (unpaired) electrons. The van der Waals surface area contributed by atoms with Crippen LogP contribution in [0.1, 0.15) is 12.5 Å². The van der Waals surface area contributed by atoms with E-state index in [4.69, 9.17) is 4.74 Å². The van der Waals surface area contributed by atoms with Crippen molar-refractivity contribution < 1.29 is 13.9 Å². The van der Waals surface area contributed by atoms with Crippen molar-refractivity contribution in [1.82, 2.24) is 14.8 Å². The zero-order valence-corrected chi connectivity index (χ0v) is 15.1. The number of thiophene rings is 1. The standard InChI is InChI=1S/C17H16FN3O2S2/c1-2-21-16(14-8-5-9-24-14)19-20-17(21)25-11-15(22)23-10-12-6-3-4-7-13(12)18/h3-9H,2,10-11H2,1H3. The van der Waals surface area contributed by atoms with Gasteiger partial charge in [0.1, 0.15) is 12.4 Å². The lowest BCUT2D eigenvalue weighted by molar-refractivity contribution is -0.141. The number of halogens is 1. The number of esters is 1. The van der Waals surface area contributed by atoms with Crippen LogP contribution in [0.5, 0.6) is 0 Å². The molecule has 3 rings (SSSR count). The molecule has 0 atom stereocenters. The van der Waals surface area contributed by atoms with Crippen LogP contribution < -0.4 is 0 Å². The fraction of sp³-hybridized carbons (Fsp3) is 0.235. The minimum absolute atomic E-state index is 0.0764. The summed E-state index contributed by atoms with van der Waals surface area (Å²) in [7, 11) is 0. The molecule has 3 aromatic rings. The minimum atomic E-state index is -0.420. The van der Waals surface area contributed by atoms with E-state index in [-0.39, 0.29) is 18.2 Å². The van der Waals surface area contributed by atoms with Gasteiger partial charge in [0.2, 0.25) is 0 Å². The van der Waals surface area contributed by atoms with Gasteiger partial charge in [0.05, 0.1) is 10.6 Å². The first-order valence-corrected chi connectivity index (χ1v) is 9.54. The van der Waals surface area contributed by atoms with E-state index in [9.17, 15) is 9.18 Å². The topological polar surface area (TPSA) is 57.0 Å². The van der Waals surface area contributed by atoms with Crippen LogP contribution in [-0.4, -0.2) is 26.5 Å². The molecule has 0 unspecified atom stereocenters. The lowest BCUT2D eigenvalue weighted by atomic mass is 10.2. The summed E-state index contributed by atoms with van der Waals surface area (Å²) in [4.78, 5) is 12.9. The van der Waals surface area contributed by atoms with Gasteiger partial charge in [0.15, 0.2) is 11.0 Å². The Bertz CT molecular complexity index is 849. The van der Waals surface area contributed by atoms with E-state index in [1.807, 2.05) is 29.0 Å². The van der Waals surface area contributed by atoms with Gasteiger partial charge in [0.25, 0.3) is 0 Å². The van der Waals surface area contributed by atoms with E-state index in [1.54, 1.807) is 29.5 Å². The second kappa shape index (κ2) is 8.26. The molecule has 2 aromatic heterocycles. The summed E-state index contributed by atoms with van der Waals surface area (Å²) < 4.78 is 20.6. The van der Waals surface area contributed by atoms with Crippen molar-refractivity contribution in [2.75, 3.05) is 5.75 Å². The third-order valence-electron chi connectivity index (χ3n) is 3.44. The predicted octanol–water partition coefficient (Wildman–Crippen LogP) is 4.00. The van der Waals surface area contributed by atoms with Gasteiger partial charge >= 0.3 is 5.97 Å². The highest BCUT2D eigenvalue weighted by Gasteiger charge is 2.15. The van der Waals surface area contributed by atoms with E-state index in [1.165, 1.54) is 17.8 Å². The number of hydrogen-bond acceptors (Lipinski definition) is 6. The first-order valence-electron chi connectivity index (χ1n) is 7.68. The van der Waals surface area contributed by atoms with Crippen LogP contribution in [0.4, 0.5) is 4.39 Å². The number of benzene rings is 1. The summed E-state index contributed by atoms with van der Waals surface area (Å²) in [6.07, 6.45) is 0. The molecule has 5 nitrogen and oxygen atoms in total. The predicted molar refractivity (Wildman–Crippen MR) is 95.9 cm³/mol. The van der Waals surface area contributed by atoms with Gasteiger partial charge in [-0.05, 0) is 24.4 Å². The zero-order valence-electron chi connectivity index (χ0n) is 13.5. The molecular formula is C17H16FN3O2S2. The highest BCUT2D eigenvalue weighted by atomic mass is 32.2. The number of hydrogen-bond donors (Lipinski definition) is 0. The molecule has 0 saturated heterocycles. The Balaban J connectivity index is 1.58. The van der Waals surface area contributed by atoms with E-state index >= 15 is 0 Å². The molecule has 0 aliphatic rings. The summed E-state index contributed by atoms with van der Waals surface area (Å²) in [5, 5.41) is 11.0. The first kappa shape index (κ1) is 17.6. The van der Waals surface area contributed by atoms with E-state index < -0.39 is 5.97 Å². The van der Waals surface area contributed by atoms with Crippen LogP contribution in [0.25, 0.3) is 10.7 Å². The van der Waals surface area contributed by atoms with Gasteiger partial charge in [-0.1, -0.05) is 36.0 Å². The Morgan fingerprint density at radius 3 is 2.84 bits per heavy atom. The normalized spacial score (nSPS) is 10.8. The Hall–Kier alpha value is -2.19. The van der Waals surface area contributed by atoms with Gasteiger partial charge in [-0.15, -0.1) is 21.5 Å². The molecule has 1 aromatic carbocycles. The lowest BCUT2D eigenvalue weighted by Gasteiger charge is -2.07. The number of aromatic nitrogens is 3. The molecule has 0 aliphatic carbocycles. The number of nitrogens with zero attached hydrogens (tertiary/aromatic N) is 3. The maximum atomic E-state index is 13.5. The Labute approximate surface area is 152 Å². The number of ether oxygens (including phenoxy) is 1. The van der Waals surface area contributed by atoms with Gasteiger partial charge in [-0.25, -0.2) is 4.39 Å². The molecule has 0 N–H and O–H groups in total. The Morgan fingerprint density at radius 2 is 2.12 bits per heavy atom. The largest absolute Gasteiger partial charge is 0.460 e. The zero-order chi connectivity index (χ0) is 17.6. The van der Waals surface area contributed by atoms with E-state index in [2.05, 4.69) is 10.2 Å². The van der Waals surface area contributed by atoms with Crippen molar-refractivity contribution in [3.63, 3.8) is 0 Å². The van der Waals surface area contributed by atoms with Gasteiger partial charge < -0.3 is 9.30 Å². The number of carbonyl (C=O) groups is 1. The van der Waals surface area contributed by atoms with Crippen LogP contribution in [0.3, 0.4) is 0 Å². The molecule has 0 saturated carbocycles. The van der Waals surface area contributed by atoms with Gasteiger partial charge in [-0.2, -0.15) is 0 Å². The van der Waals surface area contributed by atoms with Crippen molar-refractivity contribution in [3.8, 4) is 10.7 Å². The molecule has 0 bridgehead atoms. The van der Waals surface area contributed by atoms with Crippen LogP contribution in [-0.2, 0) is 22.7 Å². The number of carbonyl (C=O) groups excluding carboxylic acids is 1. The Kier molecular flexibility index (Phi) is 5.83. The monoisotopic (exact) mass is 377 g/mol. The summed E-state index contributed by atoms with van der Waals surface area (Å²) in [6, 6.07) is 10.2. The lowest BCUT2D eigenvalue weighted by Crippen LogP contribution is -2.09. The highest BCUT2D eigenvalue weighted by molar-refractivity contribution is 7.99. The quantitative estimate of drug-likeness (QED) is 0.460. The minimum Gasteiger partial charge on any atom is -0.460 e. The molecule has 0 fully saturated rings. The maximum Gasteiger partial charge on any atom is 0.316 e. The second-order valence-corrected chi connectivity index (χ2v) is 6.96. The first-order chi connectivity index (χ1) is 12.2. The third-order valence-corrected chi connectivity index (χ3v) is 5.25. The SMILES string of the molecule is CCn1c(SCC(=O)OCc2ccccc2F)nnc1-c1cccs1. The van der Waals surface area contributed by atoms with Gasteiger partial charge in [0, 0.05) is 12.1 Å². The third kappa shape index (κ3) is 4.26. The average Bonchev–Trinajstić information content (AvgIpc) is 3.28. The molecular weight excluding hydrogens is 361 g/mol. The van der Waals surface area contributed by atoms with Crippen molar-refractivity contribution in [2.45, 2.75) is 25.2 Å². The Morgan fingerprint density at radius 1 is 1.28 bits per heavy atom. The van der Waals surface area contributed by atoms with Crippen LogP contribution >= 0.6 is 23.1 Å². The van der Waals surface area contributed by atoms with Crippen LogP contribution in [0.15, 0.2) is 46.9 Å². The van der Waals surface area contributed by atoms with Crippen LogP contribution in [0.2, 0.25) is 0 Å². The summed E-state index contributed by atoms with van der Waals surface area (Å²) >= 11 is 2.85. The molecule has 0 spiro atoms. The summed E-state index contributed by atoms with van der Waals surface area (Å²) in [5.41, 5.74) is 0.359. The maximum absolute atomic E-state index is 13.5. The van der Waals surface area contributed by atoms with E-state index in [0.29, 0.717) is 17.3 Å². The van der Waals surface area contributed by atoms with Gasteiger partial charge in [-0.3, -0.25) is 4.79 Å². The number of thioether (sulfide) groups is 1. The molecule has 25 heavy (non-hydrogen) atoms. The molecule has 0 aliphatic heterocycles. The summed E-state index contributed by atoms with van der Waals surface area (Å²) in [6.45, 7) is 2.63. The second-order valence-electron chi connectivity index (χ2n) is 5.07. The average molecular weight is 377 g/mol. The van der Waals surface area contributed by atoms with Crippen molar-refractivity contribution in [3.05, 3.63) is 53.2 Å². The van der Waals surface area contributed by atoms with Crippen LogP contribution in [0, 0.1) is 5.82 Å². The summed E-state index contributed by atoms with van der Waals surface area (Å²) in [5.74, 6) is 0.0855. The molecule has 2 heterocycles. The highest BCUT2D eigenvalue weighted by Crippen LogP contribution is 2.27. The molecule has 130 valence electrons.